The molecule has 4 heteroatoms. The molecule has 0 bridgehead atoms. The third-order valence-electron chi connectivity index (χ3n) is 3.21. The molecule has 118 valence electrons. The van der Waals surface area contributed by atoms with Crippen LogP contribution in [0.4, 0.5) is 0 Å². The fraction of sp³-hybridized carbons (Fsp3) is 0.588. The van der Waals surface area contributed by atoms with Gasteiger partial charge in [-0.05, 0) is 44.4 Å². The summed E-state index contributed by atoms with van der Waals surface area (Å²) in [6.07, 6.45) is 0. The Hall–Kier alpha value is -1.55. The summed E-state index contributed by atoms with van der Waals surface area (Å²) in [7, 11) is 0. The Morgan fingerprint density at radius 2 is 1.76 bits per heavy atom. The number of carbonyl (C=O) groups is 1. The van der Waals surface area contributed by atoms with E-state index in [-0.39, 0.29) is 18.0 Å². The molecule has 1 aromatic rings. The normalized spacial score (nSPS) is 13.8. The van der Waals surface area contributed by atoms with Crippen molar-refractivity contribution in [2.24, 2.45) is 5.92 Å². The van der Waals surface area contributed by atoms with Gasteiger partial charge in [-0.25, -0.2) is 0 Å². The van der Waals surface area contributed by atoms with Crippen molar-refractivity contribution >= 4 is 5.91 Å². The van der Waals surface area contributed by atoms with Gasteiger partial charge in [0.25, 0.3) is 0 Å². The summed E-state index contributed by atoms with van der Waals surface area (Å²) in [4.78, 5) is 11.7. The SMILES string of the molecule is CCNC(=O)C(C)NC(C)c1ccc(OCC(C)C)cc1. The summed E-state index contributed by atoms with van der Waals surface area (Å²) >= 11 is 0. The van der Waals surface area contributed by atoms with Crippen LogP contribution >= 0.6 is 0 Å². The van der Waals surface area contributed by atoms with Crippen molar-refractivity contribution in [2.75, 3.05) is 13.2 Å². The topological polar surface area (TPSA) is 50.4 Å². The highest BCUT2D eigenvalue weighted by atomic mass is 16.5. The van der Waals surface area contributed by atoms with Crippen molar-refractivity contribution in [1.82, 2.24) is 10.6 Å². The Morgan fingerprint density at radius 3 is 2.29 bits per heavy atom. The van der Waals surface area contributed by atoms with Gasteiger partial charge in [0.05, 0.1) is 12.6 Å². The number of hydrogen-bond acceptors (Lipinski definition) is 3. The zero-order valence-corrected chi connectivity index (χ0v) is 13.8. The fourth-order valence-corrected chi connectivity index (χ4v) is 1.99. The second-order valence-electron chi connectivity index (χ2n) is 5.78. The Morgan fingerprint density at radius 1 is 1.14 bits per heavy atom. The number of likely N-dealkylation sites (N-methyl/N-ethyl adjacent to an activating group) is 1. The highest BCUT2D eigenvalue weighted by molar-refractivity contribution is 5.81. The molecule has 2 unspecified atom stereocenters. The third kappa shape index (κ3) is 6.17. The van der Waals surface area contributed by atoms with E-state index in [1.807, 2.05) is 38.1 Å². The molecule has 0 radical (unpaired) electrons. The lowest BCUT2D eigenvalue weighted by Gasteiger charge is -2.20. The first kappa shape index (κ1) is 17.5. The minimum Gasteiger partial charge on any atom is -0.493 e. The monoisotopic (exact) mass is 292 g/mol. The summed E-state index contributed by atoms with van der Waals surface area (Å²) in [5.41, 5.74) is 1.14. The lowest BCUT2D eigenvalue weighted by Crippen LogP contribution is -2.43. The molecule has 1 amide bonds. The van der Waals surface area contributed by atoms with Crippen molar-refractivity contribution in [1.29, 1.82) is 0 Å². The van der Waals surface area contributed by atoms with E-state index in [0.29, 0.717) is 12.5 Å². The van der Waals surface area contributed by atoms with Gasteiger partial charge in [0.2, 0.25) is 5.91 Å². The van der Waals surface area contributed by atoms with Crippen LogP contribution in [-0.4, -0.2) is 25.1 Å². The molecule has 2 atom stereocenters. The molecule has 1 aromatic carbocycles. The third-order valence-corrected chi connectivity index (χ3v) is 3.21. The van der Waals surface area contributed by atoms with Crippen LogP contribution in [0.1, 0.15) is 46.2 Å². The first-order valence-corrected chi connectivity index (χ1v) is 7.70. The molecule has 4 nitrogen and oxygen atoms in total. The standard InChI is InChI=1S/C17H28N2O2/c1-6-18-17(20)14(5)19-13(4)15-7-9-16(10-8-15)21-11-12(2)3/h7-10,12-14,19H,6,11H2,1-5H3,(H,18,20). The van der Waals surface area contributed by atoms with E-state index in [0.717, 1.165) is 17.9 Å². The van der Waals surface area contributed by atoms with Crippen LogP contribution < -0.4 is 15.4 Å². The summed E-state index contributed by atoms with van der Waals surface area (Å²) < 4.78 is 5.67. The number of rotatable bonds is 8. The molecular formula is C17H28N2O2. The minimum atomic E-state index is -0.211. The van der Waals surface area contributed by atoms with E-state index in [9.17, 15) is 4.79 Å². The van der Waals surface area contributed by atoms with E-state index in [1.165, 1.54) is 0 Å². The number of benzene rings is 1. The predicted molar refractivity (Wildman–Crippen MR) is 86.5 cm³/mol. The van der Waals surface area contributed by atoms with E-state index in [4.69, 9.17) is 4.74 Å². The molecule has 0 aliphatic carbocycles. The molecule has 2 N–H and O–H groups in total. The smallest absolute Gasteiger partial charge is 0.236 e. The Labute approximate surface area is 128 Å². The average Bonchev–Trinajstić information content (AvgIpc) is 2.45. The summed E-state index contributed by atoms with van der Waals surface area (Å²) in [6.45, 7) is 11.5. The number of amides is 1. The molecule has 0 saturated carbocycles. The first-order valence-electron chi connectivity index (χ1n) is 7.70. The Balaban J connectivity index is 2.54. The van der Waals surface area contributed by atoms with Gasteiger partial charge in [0, 0.05) is 12.6 Å². The number of hydrogen-bond donors (Lipinski definition) is 2. The maximum atomic E-state index is 11.7. The lowest BCUT2D eigenvalue weighted by molar-refractivity contribution is -0.122. The lowest BCUT2D eigenvalue weighted by atomic mass is 10.1. The second-order valence-corrected chi connectivity index (χ2v) is 5.78. The average molecular weight is 292 g/mol. The molecule has 0 aliphatic heterocycles. The van der Waals surface area contributed by atoms with Crippen molar-refractivity contribution in [3.05, 3.63) is 29.8 Å². The van der Waals surface area contributed by atoms with Crippen LogP contribution in [0, 0.1) is 5.92 Å². The quantitative estimate of drug-likeness (QED) is 0.774. The highest BCUT2D eigenvalue weighted by Crippen LogP contribution is 2.18. The van der Waals surface area contributed by atoms with Crippen molar-refractivity contribution < 1.29 is 9.53 Å². The van der Waals surface area contributed by atoms with E-state index >= 15 is 0 Å². The Bertz CT molecular complexity index is 429. The number of carbonyl (C=O) groups excluding carboxylic acids is 1. The highest BCUT2D eigenvalue weighted by Gasteiger charge is 2.15. The van der Waals surface area contributed by atoms with Gasteiger partial charge in [0.15, 0.2) is 0 Å². The van der Waals surface area contributed by atoms with Gasteiger partial charge in [-0.2, -0.15) is 0 Å². The van der Waals surface area contributed by atoms with Gasteiger partial charge in [0.1, 0.15) is 5.75 Å². The number of nitrogens with one attached hydrogen (secondary N) is 2. The summed E-state index contributed by atoms with van der Waals surface area (Å²) in [5.74, 6) is 1.43. The van der Waals surface area contributed by atoms with Crippen LogP contribution in [-0.2, 0) is 4.79 Å². The molecule has 0 saturated heterocycles. The molecule has 21 heavy (non-hydrogen) atoms. The van der Waals surface area contributed by atoms with Crippen LogP contribution in [0.25, 0.3) is 0 Å². The first-order chi connectivity index (χ1) is 9.93. The molecule has 0 aromatic heterocycles. The molecule has 1 rings (SSSR count). The molecule has 0 heterocycles. The minimum absolute atomic E-state index is 0.0289. The van der Waals surface area contributed by atoms with Gasteiger partial charge in [-0.1, -0.05) is 26.0 Å². The largest absolute Gasteiger partial charge is 0.493 e. The van der Waals surface area contributed by atoms with Gasteiger partial charge < -0.3 is 10.1 Å². The maximum Gasteiger partial charge on any atom is 0.236 e. The number of ether oxygens (including phenoxy) is 1. The van der Waals surface area contributed by atoms with E-state index in [2.05, 4.69) is 31.4 Å². The molecule has 0 spiro atoms. The second kappa shape index (κ2) is 8.67. The molecule has 0 aliphatic rings. The van der Waals surface area contributed by atoms with Gasteiger partial charge in [-0.3, -0.25) is 10.1 Å². The van der Waals surface area contributed by atoms with E-state index in [1.54, 1.807) is 0 Å². The summed E-state index contributed by atoms with van der Waals surface area (Å²) in [6, 6.07) is 7.94. The van der Waals surface area contributed by atoms with Gasteiger partial charge >= 0.3 is 0 Å². The Kier molecular flexibility index (Phi) is 7.23. The fourth-order valence-electron chi connectivity index (χ4n) is 1.99. The molecular weight excluding hydrogens is 264 g/mol. The molecule has 0 fully saturated rings. The van der Waals surface area contributed by atoms with Crippen molar-refractivity contribution in [3.8, 4) is 5.75 Å². The summed E-state index contributed by atoms with van der Waals surface area (Å²) in [5, 5.41) is 6.11. The van der Waals surface area contributed by atoms with Gasteiger partial charge in [-0.15, -0.1) is 0 Å². The van der Waals surface area contributed by atoms with Crippen LogP contribution in [0.15, 0.2) is 24.3 Å². The van der Waals surface area contributed by atoms with Crippen molar-refractivity contribution in [2.45, 2.75) is 46.7 Å². The van der Waals surface area contributed by atoms with E-state index < -0.39 is 0 Å². The predicted octanol–water partition coefficient (Wildman–Crippen LogP) is 2.90. The maximum absolute atomic E-state index is 11.7. The van der Waals surface area contributed by atoms with Crippen LogP contribution in [0.2, 0.25) is 0 Å². The van der Waals surface area contributed by atoms with Crippen LogP contribution in [0.5, 0.6) is 5.75 Å². The van der Waals surface area contributed by atoms with Crippen LogP contribution in [0.3, 0.4) is 0 Å². The zero-order chi connectivity index (χ0) is 15.8. The zero-order valence-electron chi connectivity index (χ0n) is 13.8. The van der Waals surface area contributed by atoms with Crippen molar-refractivity contribution in [3.63, 3.8) is 0 Å².